The molecule has 0 spiro atoms. The second kappa shape index (κ2) is 3.85. The first-order valence-electron chi connectivity index (χ1n) is 5.16. The molecule has 2 heterocycles. The largest absolute Gasteiger partial charge is 0.367 e. The zero-order valence-corrected chi connectivity index (χ0v) is 9.28. The fourth-order valence-corrected chi connectivity index (χ4v) is 1.54. The third kappa shape index (κ3) is 2.06. The summed E-state index contributed by atoms with van der Waals surface area (Å²) in [5.41, 5.74) is 2.03. The molecule has 15 heavy (non-hydrogen) atoms. The van der Waals surface area contributed by atoms with Gasteiger partial charge < -0.3 is 5.32 Å². The minimum atomic E-state index is 0.379. The lowest BCUT2D eigenvalue weighted by Crippen LogP contribution is -2.11. The molecule has 0 fully saturated rings. The van der Waals surface area contributed by atoms with Crippen LogP contribution in [0.2, 0.25) is 0 Å². The Morgan fingerprint density at radius 1 is 1.20 bits per heavy atom. The third-order valence-corrected chi connectivity index (χ3v) is 2.18. The molecule has 0 bridgehead atoms. The zero-order valence-electron chi connectivity index (χ0n) is 9.28. The average molecular weight is 201 g/mol. The summed E-state index contributed by atoms with van der Waals surface area (Å²) in [5, 5.41) is 4.40. The van der Waals surface area contributed by atoms with Gasteiger partial charge in [0.25, 0.3) is 0 Å². The minimum Gasteiger partial charge on any atom is -0.367 e. The van der Waals surface area contributed by atoms with Crippen LogP contribution in [0.1, 0.15) is 19.5 Å². The molecule has 0 atom stereocenters. The standard InChI is InChI=1S/C12H15N3/c1-8(2)14-12-10-5-4-9(3)15-11(10)6-7-13-12/h4-8H,1-3H3,(H,13,14). The fourth-order valence-electron chi connectivity index (χ4n) is 1.54. The molecule has 3 nitrogen and oxygen atoms in total. The average Bonchev–Trinajstić information content (AvgIpc) is 2.16. The van der Waals surface area contributed by atoms with Gasteiger partial charge in [-0.05, 0) is 39.0 Å². The normalized spacial score (nSPS) is 10.9. The summed E-state index contributed by atoms with van der Waals surface area (Å²) in [5.74, 6) is 0.912. The maximum absolute atomic E-state index is 4.46. The van der Waals surface area contributed by atoms with Crippen molar-refractivity contribution in [2.45, 2.75) is 26.8 Å². The Bertz CT molecular complexity index is 477. The maximum atomic E-state index is 4.46. The van der Waals surface area contributed by atoms with Gasteiger partial charge in [0.1, 0.15) is 5.82 Å². The van der Waals surface area contributed by atoms with E-state index in [0.29, 0.717) is 6.04 Å². The number of pyridine rings is 2. The molecule has 0 aliphatic rings. The summed E-state index contributed by atoms with van der Waals surface area (Å²) in [6.45, 7) is 6.19. The summed E-state index contributed by atoms with van der Waals surface area (Å²) < 4.78 is 0. The van der Waals surface area contributed by atoms with Crippen LogP contribution in [0, 0.1) is 6.92 Å². The zero-order chi connectivity index (χ0) is 10.8. The van der Waals surface area contributed by atoms with E-state index in [1.54, 1.807) is 6.20 Å². The predicted molar refractivity (Wildman–Crippen MR) is 63.0 cm³/mol. The van der Waals surface area contributed by atoms with E-state index in [2.05, 4.69) is 35.2 Å². The van der Waals surface area contributed by atoms with Crippen LogP contribution < -0.4 is 5.32 Å². The van der Waals surface area contributed by atoms with Crippen LogP contribution in [-0.2, 0) is 0 Å². The molecule has 0 saturated carbocycles. The van der Waals surface area contributed by atoms with Crippen molar-refractivity contribution in [2.24, 2.45) is 0 Å². The van der Waals surface area contributed by atoms with Gasteiger partial charge in [0.05, 0.1) is 5.52 Å². The summed E-state index contributed by atoms with van der Waals surface area (Å²) in [6, 6.07) is 6.39. The monoisotopic (exact) mass is 201 g/mol. The highest BCUT2D eigenvalue weighted by Crippen LogP contribution is 2.19. The molecule has 0 aliphatic carbocycles. The molecule has 1 N–H and O–H groups in total. The van der Waals surface area contributed by atoms with Crippen molar-refractivity contribution in [2.75, 3.05) is 5.32 Å². The Labute approximate surface area is 89.6 Å². The second-order valence-electron chi connectivity index (χ2n) is 3.98. The summed E-state index contributed by atoms with van der Waals surface area (Å²) in [4.78, 5) is 8.79. The fraction of sp³-hybridized carbons (Fsp3) is 0.333. The highest BCUT2D eigenvalue weighted by atomic mass is 15.0. The molecular formula is C12H15N3. The van der Waals surface area contributed by atoms with E-state index >= 15 is 0 Å². The van der Waals surface area contributed by atoms with E-state index in [1.165, 1.54) is 0 Å². The smallest absolute Gasteiger partial charge is 0.135 e. The van der Waals surface area contributed by atoms with Crippen molar-refractivity contribution < 1.29 is 0 Å². The molecule has 0 amide bonds. The lowest BCUT2D eigenvalue weighted by Gasteiger charge is -2.11. The van der Waals surface area contributed by atoms with Gasteiger partial charge in [0.2, 0.25) is 0 Å². The molecule has 2 aromatic rings. The summed E-state index contributed by atoms with van der Waals surface area (Å²) >= 11 is 0. The molecule has 2 rings (SSSR count). The third-order valence-electron chi connectivity index (χ3n) is 2.18. The van der Waals surface area contributed by atoms with Gasteiger partial charge in [0, 0.05) is 23.3 Å². The Morgan fingerprint density at radius 2 is 2.00 bits per heavy atom. The van der Waals surface area contributed by atoms with Gasteiger partial charge in [-0.25, -0.2) is 4.98 Å². The van der Waals surface area contributed by atoms with E-state index in [4.69, 9.17) is 0 Å². The summed E-state index contributed by atoms with van der Waals surface area (Å²) in [6.07, 6.45) is 1.79. The van der Waals surface area contributed by atoms with Crippen LogP contribution in [0.5, 0.6) is 0 Å². The van der Waals surface area contributed by atoms with E-state index in [-0.39, 0.29) is 0 Å². The Hall–Kier alpha value is -1.64. The first kappa shape index (κ1) is 9.90. The second-order valence-corrected chi connectivity index (χ2v) is 3.98. The number of nitrogens with one attached hydrogen (secondary N) is 1. The Balaban J connectivity index is 2.56. The van der Waals surface area contributed by atoms with E-state index in [0.717, 1.165) is 22.4 Å². The number of aromatic nitrogens is 2. The number of aryl methyl sites for hydroxylation is 1. The Kier molecular flexibility index (Phi) is 2.54. The van der Waals surface area contributed by atoms with Gasteiger partial charge in [-0.2, -0.15) is 0 Å². The number of hydrogen-bond acceptors (Lipinski definition) is 3. The van der Waals surface area contributed by atoms with Crippen LogP contribution in [0.25, 0.3) is 10.9 Å². The quantitative estimate of drug-likeness (QED) is 0.811. The molecule has 0 unspecified atom stereocenters. The SMILES string of the molecule is Cc1ccc2c(NC(C)C)nccc2n1. The molecule has 0 radical (unpaired) electrons. The number of anilines is 1. The van der Waals surface area contributed by atoms with Crippen molar-refractivity contribution in [3.05, 3.63) is 30.1 Å². The topological polar surface area (TPSA) is 37.8 Å². The van der Waals surface area contributed by atoms with Gasteiger partial charge >= 0.3 is 0 Å². The Morgan fingerprint density at radius 3 is 2.73 bits per heavy atom. The molecule has 3 heteroatoms. The molecular weight excluding hydrogens is 186 g/mol. The van der Waals surface area contributed by atoms with Gasteiger partial charge in [0.15, 0.2) is 0 Å². The summed E-state index contributed by atoms with van der Waals surface area (Å²) in [7, 11) is 0. The van der Waals surface area contributed by atoms with E-state index in [9.17, 15) is 0 Å². The van der Waals surface area contributed by atoms with Gasteiger partial charge in [-0.1, -0.05) is 0 Å². The minimum absolute atomic E-state index is 0.379. The lowest BCUT2D eigenvalue weighted by molar-refractivity contribution is 0.892. The molecule has 0 saturated heterocycles. The van der Waals surface area contributed by atoms with Crippen molar-refractivity contribution in [3.8, 4) is 0 Å². The van der Waals surface area contributed by atoms with Crippen molar-refractivity contribution in [1.29, 1.82) is 0 Å². The maximum Gasteiger partial charge on any atom is 0.135 e. The lowest BCUT2D eigenvalue weighted by atomic mass is 10.2. The van der Waals surface area contributed by atoms with E-state index < -0.39 is 0 Å². The molecule has 78 valence electrons. The van der Waals surface area contributed by atoms with Crippen molar-refractivity contribution in [3.63, 3.8) is 0 Å². The van der Waals surface area contributed by atoms with Crippen LogP contribution >= 0.6 is 0 Å². The molecule has 2 aromatic heterocycles. The number of hydrogen-bond donors (Lipinski definition) is 1. The number of rotatable bonds is 2. The number of nitrogens with zero attached hydrogens (tertiary/aromatic N) is 2. The first-order valence-corrected chi connectivity index (χ1v) is 5.16. The van der Waals surface area contributed by atoms with Crippen LogP contribution in [0.4, 0.5) is 5.82 Å². The molecule has 0 aliphatic heterocycles. The predicted octanol–water partition coefficient (Wildman–Crippen LogP) is 2.76. The van der Waals surface area contributed by atoms with Crippen LogP contribution in [-0.4, -0.2) is 16.0 Å². The van der Waals surface area contributed by atoms with Crippen molar-refractivity contribution in [1.82, 2.24) is 9.97 Å². The van der Waals surface area contributed by atoms with E-state index in [1.807, 2.05) is 19.1 Å². The number of fused-ring (bicyclic) bond motifs is 1. The molecule has 0 aromatic carbocycles. The van der Waals surface area contributed by atoms with Gasteiger partial charge in [-0.15, -0.1) is 0 Å². The highest BCUT2D eigenvalue weighted by Gasteiger charge is 2.03. The van der Waals surface area contributed by atoms with Crippen molar-refractivity contribution >= 4 is 16.7 Å². The first-order chi connectivity index (χ1) is 7.16. The highest BCUT2D eigenvalue weighted by molar-refractivity contribution is 5.89. The van der Waals surface area contributed by atoms with Crippen LogP contribution in [0.3, 0.4) is 0 Å². The van der Waals surface area contributed by atoms with Gasteiger partial charge in [-0.3, -0.25) is 4.98 Å². The van der Waals surface area contributed by atoms with Crippen LogP contribution in [0.15, 0.2) is 24.4 Å².